The molecule has 0 aromatic carbocycles. The average molecular weight is 394 g/mol. The molecular formula is C16H22N6O4S. The van der Waals surface area contributed by atoms with Gasteiger partial charge in [-0.3, -0.25) is 23.8 Å². The normalized spacial score (nSPS) is 16.1. The van der Waals surface area contributed by atoms with E-state index in [-0.39, 0.29) is 5.92 Å². The van der Waals surface area contributed by atoms with Crippen LogP contribution >= 0.6 is 0 Å². The molecule has 0 spiro atoms. The molecule has 3 heterocycles. The average Bonchev–Trinajstić information content (AvgIpc) is 3.01. The Balaban J connectivity index is 2.04. The summed E-state index contributed by atoms with van der Waals surface area (Å²) in [5.74, 6) is -0.314. The quantitative estimate of drug-likeness (QED) is 0.777. The zero-order valence-corrected chi connectivity index (χ0v) is 16.4. The highest BCUT2D eigenvalue weighted by Crippen LogP contribution is 2.25. The summed E-state index contributed by atoms with van der Waals surface area (Å²) in [6, 6.07) is 1.35. The number of rotatable bonds is 3. The zero-order valence-electron chi connectivity index (χ0n) is 15.6. The van der Waals surface area contributed by atoms with Gasteiger partial charge in [-0.1, -0.05) is 13.8 Å². The van der Waals surface area contributed by atoms with Gasteiger partial charge in [-0.05, 0) is 0 Å². The summed E-state index contributed by atoms with van der Waals surface area (Å²) in [7, 11) is -1.39. The summed E-state index contributed by atoms with van der Waals surface area (Å²) in [5, 5.41) is 4.26. The van der Waals surface area contributed by atoms with E-state index in [0.717, 1.165) is 0 Å². The number of aromatic amines is 1. The van der Waals surface area contributed by atoms with Crippen molar-refractivity contribution in [2.75, 3.05) is 17.7 Å². The lowest BCUT2D eigenvalue weighted by Crippen LogP contribution is -2.40. The lowest BCUT2D eigenvalue weighted by atomic mass is 10.2. The molecule has 0 saturated carbocycles. The molecule has 0 radical (unpaired) electrons. The van der Waals surface area contributed by atoms with Crippen LogP contribution in [0.15, 0.2) is 31.1 Å². The fourth-order valence-electron chi connectivity index (χ4n) is 2.91. The number of hydrogen-bond acceptors (Lipinski definition) is 6. The standard InChI is InChI=1S/C16H22N6O4S/c1-10(2)15(24)19-27(4,26)12-8-17-22-6-5-21(9-11(12)22)14-7-13(23)18-16(25)20(14)3/h7-8,10H,5-6,9H2,1-4H3,(H,18,23,25). The third kappa shape index (κ3) is 3.59. The Hall–Kier alpha value is -2.69. The number of carbonyl (C=O) groups excluding carboxylic acids is 1. The second-order valence-electron chi connectivity index (χ2n) is 6.84. The number of amides is 1. The summed E-state index contributed by atoms with van der Waals surface area (Å²) < 4.78 is 20.1. The molecule has 1 aliphatic heterocycles. The van der Waals surface area contributed by atoms with Gasteiger partial charge in [0.05, 0.1) is 39.6 Å². The van der Waals surface area contributed by atoms with Crippen molar-refractivity contribution in [3.63, 3.8) is 0 Å². The summed E-state index contributed by atoms with van der Waals surface area (Å²) in [5.41, 5.74) is -0.334. The number of H-pyrrole nitrogens is 1. The summed E-state index contributed by atoms with van der Waals surface area (Å²) in [4.78, 5) is 40.0. The SMILES string of the molecule is CC(C)C(=O)N=S(C)(=O)c1cnn2c1CN(c1cc(=O)[nH]c(=O)n1C)CC2. The predicted molar refractivity (Wildman–Crippen MR) is 100 cm³/mol. The highest BCUT2D eigenvalue weighted by molar-refractivity contribution is 7.93. The highest BCUT2D eigenvalue weighted by atomic mass is 32.2. The maximum Gasteiger partial charge on any atom is 0.329 e. The van der Waals surface area contributed by atoms with Crippen LogP contribution in [-0.4, -0.2) is 42.2 Å². The van der Waals surface area contributed by atoms with Crippen LogP contribution in [0.2, 0.25) is 0 Å². The second-order valence-corrected chi connectivity index (χ2v) is 9.07. The number of carbonyl (C=O) groups is 1. The van der Waals surface area contributed by atoms with Crippen LogP contribution < -0.4 is 16.1 Å². The molecule has 1 aliphatic rings. The lowest BCUT2D eigenvalue weighted by molar-refractivity contribution is -0.120. The Morgan fingerprint density at radius 1 is 1.33 bits per heavy atom. The van der Waals surface area contributed by atoms with Crippen molar-refractivity contribution in [3.8, 4) is 0 Å². The molecule has 1 unspecified atom stereocenters. The first kappa shape index (κ1) is 19.1. The minimum atomic E-state index is -2.96. The molecule has 1 N–H and O–H groups in total. The summed E-state index contributed by atoms with van der Waals surface area (Å²) in [6.45, 7) is 4.71. The van der Waals surface area contributed by atoms with Crippen molar-refractivity contribution in [2.24, 2.45) is 17.3 Å². The number of nitrogens with one attached hydrogen (secondary N) is 1. The van der Waals surface area contributed by atoms with Gasteiger partial charge < -0.3 is 4.90 Å². The van der Waals surface area contributed by atoms with Crippen LogP contribution in [0.1, 0.15) is 19.5 Å². The Kier molecular flexibility index (Phi) is 4.81. The van der Waals surface area contributed by atoms with E-state index < -0.39 is 26.9 Å². The van der Waals surface area contributed by atoms with Crippen LogP contribution in [0.4, 0.5) is 5.82 Å². The largest absolute Gasteiger partial charge is 0.350 e. The first-order valence-corrected chi connectivity index (χ1v) is 10.4. The van der Waals surface area contributed by atoms with Crippen molar-refractivity contribution in [1.29, 1.82) is 0 Å². The molecule has 146 valence electrons. The van der Waals surface area contributed by atoms with Crippen LogP contribution in [0, 0.1) is 5.92 Å². The minimum Gasteiger partial charge on any atom is -0.350 e. The number of hydrogen-bond donors (Lipinski definition) is 1. The number of anilines is 1. The number of nitrogens with zero attached hydrogens (tertiary/aromatic N) is 5. The third-order valence-electron chi connectivity index (χ3n) is 4.46. The van der Waals surface area contributed by atoms with Crippen molar-refractivity contribution in [1.82, 2.24) is 19.3 Å². The van der Waals surface area contributed by atoms with Crippen LogP contribution in [0.5, 0.6) is 0 Å². The summed E-state index contributed by atoms with van der Waals surface area (Å²) in [6.07, 6.45) is 2.90. The smallest absolute Gasteiger partial charge is 0.329 e. The van der Waals surface area contributed by atoms with Gasteiger partial charge in [-0.15, -0.1) is 0 Å². The van der Waals surface area contributed by atoms with Crippen molar-refractivity contribution >= 4 is 21.5 Å². The van der Waals surface area contributed by atoms with E-state index >= 15 is 0 Å². The fourth-order valence-corrected chi connectivity index (χ4v) is 4.41. The van der Waals surface area contributed by atoms with Gasteiger partial charge in [0.25, 0.3) is 11.5 Å². The van der Waals surface area contributed by atoms with Gasteiger partial charge in [0.1, 0.15) is 5.82 Å². The molecule has 0 saturated heterocycles. The Bertz CT molecular complexity index is 1130. The van der Waals surface area contributed by atoms with Crippen molar-refractivity contribution in [3.05, 3.63) is 38.8 Å². The van der Waals surface area contributed by atoms with Crippen LogP contribution in [-0.2, 0) is 34.7 Å². The molecule has 3 rings (SSSR count). The van der Waals surface area contributed by atoms with Crippen LogP contribution in [0.25, 0.3) is 0 Å². The maximum atomic E-state index is 13.1. The third-order valence-corrected chi connectivity index (χ3v) is 6.15. The molecule has 2 aromatic rings. The Morgan fingerprint density at radius 2 is 2.04 bits per heavy atom. The molecule has 0 fully saturated rings. The van der Waals surface area contributed by atoms with Gasteiger partial charge in [-0.2, -0.15) is 9.46 Å². The molecule has 0 aliphatic carbocycles. The predicted octanol–water partition coefficient (Wildman–Crippen LogP) is -0.0704. The van der Waals surface area contributed by atoms with E-state index in [9.17, 15) is 18.6 Å². The van der Waals surface area contributed by atoms with Gasteiger partial charge in [0, 0.05) is 31.8 Å². The molecule has 10 nitrogen and oxygen atoms in total. The fraction of sp³-hybridized carbons (Fsp3) is 0.500. The van der Waals surface area contributed by atoms with Crippen molar-refractivity contribution in [2.45, 2.75) is 31.8 Å². The number of aromatic nitrogens is 4. The maximum absolute atomic E-state index is 13.1. The lowest BCUT2D eigenvalue weighted by Gasteiger charge is -2.31. The van der Waals surface area contributed by atoms with Gasteiger partial charge in [0.2, 0.25) is 0 Å². The zero-order chi connectivity index (χ0) is 19.9. The van der Waals surface area contributed by atoms with E-state index in [1.807, 2.05) is 4.90 Å². The Morgan fingerprint density at radius 3 is 2.70 bits per heavy atom. The van der Waals surface area contributed by atoms with Gasteiger partial charge in [-0.25, -0.2) is 9.00 Å². The molecule has 2 aromatic heterocycles. The minimum absolute atomic E-state index is 0.294. The molecule has 11 heteroatoms. The topological polar surface area (TPSA) is 122 Å². The first-order valence-electron chi connectivity index (χ1n) is 8.46. The van der Waals surface area contributed by atoms with Crippen molar-refractivity contribution < 1.29 is 9.00 Å². The van der Waals surface area contributed by atoms with E-state index in [1.165, 1.54) is 23.1 Å². The molecule has 1 amide bonds. The van der Waals surface area contributed by atoms with Crippen LogP contribution in [0.3, 0.4) is 0 Å². The molecule has 1 atom stereocenters. The van der Waals surface area contributed by atoms with E-state index in [4.69, 9.17) is 0 Å². The van der Waals surface area contributed by atoms with E-state index in [0.29, 0.717) is 36.0 Å². The number of fused-ring (bicyclic) bond motifs is 1. The monoisotopic (exact) mass is 394 g/mol. The van der Waals surface area contributed by atoms with E-state index in [1.54, 1.807) is 25.6 Å². The summed E-state index contributed by atoms with van der Waals surface area (Å²) >= 11 is 0. The first-order chi connectivity index (χ1) is 12.6. The Labute approximate surface area is 156 Å². The van der Waals surface area contributed by atoms with Gasteiger partial charge >= 0.3 is 5.69 Å². The van der Waals surface area contributed by atoms with E-state index in [2.05, 4.69) is 14.4 Å². The highest BCUT2D eigenvalue weighted by Gasteiger charge is 2.26. The molecular weight excluding hydrogens is 372 g/mol. The molecule has 27 heavy (non-hydrogen) atoms. The van der Waals surface area contributed by atoms with Gasteiger partial charge in [0.15, 0.2) is 0 Å². The molecule has 0 bridgehead atoms. The second kappa shape index (κ2) is 6.80.